The fourth-order valence-corrected chi connectivity index (χ4v) is 2.99. The maximum absolute atomic E-state index is 13.7. The van der Waals surface area contributed by atoms with Crippen LogP contribution in [0.2, 0.25) is 0 Å². The van der Waals surface area contributed by atoms with Gasteiger partial charge in [0.25, 0.3) is 5.91 Å². The van der Waals surface area contributed by atoms with Gasteiger partial charge in [-0.05, 0) is 18.6 Å². The molecule has 0 unspecified atom stereocenters. The number of nitrogens with zero attached hydrogens (tertiary/aromatic N) is 2. The predicted octanol–water partition coefficient (Wildman–Crippen LogP) is 2.43. The topological polar surface area (TPSA) is 45.2 Å². The molecule has 1 aromatic carbocycles. The van der Waals surface area contributed by atoms with Crippen molar-refractivity contribution in [3.63, 3.8) is 0 Å². The summed E-state index contributed by atoms with van der Waals surface area (Å²) in [6, 6.07) is 3.67. The molecule has 2 heterocycles. The van der Waals surface area contributed by atoms with Crippen molar-refractivity contribution >= 4 is 22.9 Å². The first-order chi connectivity index (χ1) is 10.1. The summed E-state index contributed by atoms with van der Waals surface area (Å²) in [5.74, 6) is -1.42. The summed E-state index contributed by atoms with van der Waals surface area (Å²) < 4.78 is 27.5. The molecule has 110 valence electrons. The van der Waals surface area contributed by atoms with E-state index in [1.54, 1.807) is 15.8 Å². The van der Waals surface area contributed by atoms with Gasteiger partial charge in [0.1, 0.15) is 23.0 Å². The normalized spacial score (nSPS) is 18.0. The summed E-state index contributed by atoms with van der Waals surface area (Å²) in [5.41, 5.74) is 1.93. The second kappa shape index (κ2) is 5.77. The Labute approximate surface area is 124 Å². The molecule has 1 aliphatic heterocycles. The molecule has 0 radical (unpaired) electrons. The zero-order valence-electron chi connectivity index (χ0n) is 11.1. The third-order valence-corrected chi connectivity index (χ3v) is 4.03. The van der Waals surface area contributed by atoms with E-state index >= 15 is 0 Å². The van der Waals surface area contributed by atoms with Gasteiger partial charge in [0, 0.05) is 24.5 Å². The summed E-state index contributed by atoms with van der Waals surface area (Å²) in [6.07, 6.45) is 0.643. The van der Waals surface area contributed by atoms with Crippen molar-refractivity contribution in [2.24, 2.45) is 0 Å². The molecule has 1 fully saturated rings. The Bertz CT molecular complexity index is 627. The number of benzene rings is 1. The largest absolute Gasteiger partial charge is 0.365 e. The molecule has 0 bridgehead atoms. The van der Waals surface area contributed by atoms with Crippen LogP contribution in [-0.2, 0) is 0 Å². The van der Waals surface area contributed by atoms with Gasteiger partial charge in [-0.2, -0.15) is 0 Å². The van der Waals surface area contributed by atoms with E-state index in [4.69, 9.17) is 0 Å². The van der Waals surface area contributed by atoms with Gasteiger partial charge in [0.05, 0.1) is 5.51 Å². The number of rotatable bonds is 3. The number of carbonyl (C=O) groups excluding carboxylic acids is 1. The Morgan fingerprint density at radius 3 is 2.81 bits per heavy atom. The van der Waals surface area contributed by atoms with Crippen molar-refractivity contribution < 1.29 is 13.6 Å². The molecule has 7 heteroatoms. The average Bonchev–Trinajstić information content (AvgIpc) is 3.10. The zero-order chi connectivity index (χ0) is 14.8. The van der Waals surface area contributed by atoms with E-state index in [1.165, 1.54) is 29.5 Å². The van der Waals surface area contributed by atoms with E-state index in [-0.39, 0.29) is 17.6 Å². The average molecular weight is 309 g/mol. The van der Waals surface area contributed by atoms with Crippen molar-refractivity contribution in [1.29, 1.82) is 0 Å². The van der Waals surface area contributed by atoms with Crippen LogP contribution in [0.4, 0.5) is 14.5 Å². The number of hydrogen-bond donors (Lipinski definition) is 1. The number of anilines is 1. The molecule has 1 aromatic heterocycles. The standard InChI is InChI=1S/C14H13F2N3OS/c15-10-2-1-3-11(16)13(10)19-5-4-9(6-19)18-14(20)12-7-21-8-17-12/h1-3,7-9H,4-6H2,(H,18,20)/t9-/m1/s1. The molecule has 1 saturated heterocycles. The molecule has 4 nitrogen and oxygen atoms in total. The summed E-state index contributed by atoms with van der Waals surface area (Å²) in [7, 11) is 0. The van der Waals surface area contributed by atoms with Gasteiger partial charge in [-0.25, -0.2) is 13.8 Å². The Hall–Kier alpha value is -2.02. The lowest BCUT2D eigenvalue weighted by Crippen LogP contribution is -2.37. The van der Waals surface area contributed by atoms with Crippen molar-refractivity contribution in [2.75, 3.05) is 18.0 Å². The lowest BCUT2D eigenvalue weighted by molar-refractivity contribution is 0.0936. The van der Waals surface area contributed by atoms with E-state index < -0.39 is 11.6 Å². The maximum Gasteiger partial charge on any atom is 0.271 e. The Balaban J connectivity index is 1.67. The van der Waals surface area contributed by atoms with E-state index in [0.717, 1.165) is 0 Å². The quantitative estimate of drug-likeness (QED) is 0.947. The third kappa shape index (κ3) is 2.87. The van der Waals surface area contributed by atoms with E-state index in [1.807, 2.05) is 0 Å². The zero-order valence-corrected chi connectivity index (χ0v) is 11.9. The maximum atomic E-state index is 13.7. The summed E-state index contributed by atoms with van der Waals surface area (Å²) in [6.45, 7) is 0.883. The van der Waals surface area contributed by atoms with Gasteiger partial charge in [-0.15, -0.1) is 11.3 Å². The molecule has 1 amide bonds. The number of thiazole rings is 1. The van der Waals surface area contributed by atoms with Crippen molar-refractivity contribution in [2.45, 2.75) is 12.5 Å². The van der Waals surface area contributed by atoms with Crippen LogP contribution in [0.15, 0.2) is 29.1 Å². The monoisotopic (exact) mass is 309 g/mol. The van der Waals surface area contributed by atoms with Crippen LogP contribution >= 0.6 is 11.3 Å². The van der Waals surface area contributed by atoms with Gasteiger partial charge in [-0.1, -0.05) is 6.07 Å². The first-order valence-corrected chi connectivity index (χ1v) is 7.47. The Kier molecular flexibility index (Phi) is 3.83. The smallest absolute Gasteiger partial charge is 0.271 e. The van der Waals surface area contributed by atoms with Crippen LogP contribution in [0.1, 0.15) is 16.9 Å². The molecule has 1 atom stereocenters. The van der Waals surface area contributed by atoms with Crippen LogP contribution in [0.3, 0.4) is 0 Å². The highest BCUT2D eigenvalue weighted by Crippen LogP contribution is 2.26. The minimum Gasteiger partial charge on any atom is -0.365 e. The molecule has 21 heavy (non-hydrogen) atoms. The number of halogens is 2. The highest BCUT2D eigenvalue weighted by molar-refractivity contribution is 7.07. The second-order valence-electron chi connectivity index (χ2n) is 4.85. The van der Waals surface area contributed by atoms with Crippen molar-refractivity contribution in [3.8, 4) is 0 Å². The number of carbonyl (C=O) groups is 1. The SMILES string of the molecule is O=C(N[C@@H]1CCN(c2c(F)cccc2F)C1)c1cscn1. The number of hydrogen-bond acceptors (Lipinski definition) is 4. The van der Waals surface area contributed by atoms with Gasteiger partial charge in [-0.3, -0.25) is 4.79 Å². The van der Waals surface area contributed by atoms with Gasteiger partial charge < -0.3 is 10.2 Å². The van der Waals surface area contributed by atoms with Crippen LogP contribution in [-0.4, -0.2) is 30.0 Å². The van der Waals surface area contributed by atoms with Crippen LogP contribution in [0.5, 0.6) is 0 Å². The van der Waals surface area contributed by atoms with Crippen molar-refractivity contribution in [3.05, 3.63) is 46.4 Å². The molecule has 0 saturated carbocycles. The Morgan fingerprint density at radius 1 is 1.38 bits per heavy atom. The summed E-state index contributed by atoms with van der Waals surface area (Å²) in [4.78, 5) is 17.5. The molecule has 3 rings (SSSR count). The molecular formula is C14H13F2N3OS. The fraction of sp³-hybridized carbons (Fsp3) is 0.286. The molecule has 0 spiro atoms. The first-order valence-electron chi connectivity index (χ1n) is 6.53. The van der Waals surface area contributed by atoms with Crippen LogP contribution < -0.4 is 10.2 Å². The van der Waals surface area contributed by atoms with Gasteiger partial charge in [0.15, 0.2) is 0 Å². The molecule has 0 aliphatic carbocycles. The van der Waals surface area contributed by atoms with Crippen LogP contribution in [0.25, 0.3) is 0 Å². The summed E-state index contributed by atoms with van der Waals surface area (Å²) >= 11 is 1.35. The summed E-state index contributed by atoms with van der Waals surface area (Å²) in [5, 5.41) is 4.50. The van der Waals surface area contributed by atoms with Crippen LogP contribution in [0, 0.1) is 11.6 Å². The molecule has 2 aromatic rings. The predicted molar refractivity (Wildman–Crippen MR) is 76.6 cm³/mol. The fourth-order valence-electron chi connectivity index (χ4n) is 2.46. The van der Waals surface area contributed by atoms with E-state index in [9.17, 15) is 13.6 Å². The first kappa shape index (κ1) is 13.9. The third-order valence-electron chi connectivity index (χ3n) is 3.44. The van der Waals surface area contributed by atoms with Gasteiger partial charge in [0.2, 0.25) is 0 Å². The number of para-hydroxylation sites is 1. The highest BCUT2D eigenvalue weighted by atomic mass is 32.1. The van der Waals surface area contributed by atoms with E-state index in [0.29, 0.717) is 25.2 Å². The molecule has 1 aliphatic rings. The van der Waals surface area contributed by atoms with Gasteiger partial charge >= 0.3 is 0 Å². The lowest BCUT2D eigenvalue weighted by atomic mass is 10.2. The lowest BCUT2D eigenvalue weighted by Gasteiger charge is -2.20. The number of nitrogens with one attached hydrogen (secondary N) is 1. The van der Waals surface area contributed by atoms with Crippen molar-refractivity contribution in [1.82, 2.24) is 10.3 Å². The molecule has 1 N–H and O–H groups in total. The number of amides is 1. The minimum absolute atomic E-state index is 0.0251. The molecular weight excluding hydrogens is 296 g/mol. The Morgan fingerprint density at radius 2 is 2.14 bits per heavy atom. The second-order valence-corrected chi connectivity index (χ2v) is 5.57. The minimum atomic E-state index is -0.582. The van der Waals surface area contributed by atoms with E-state index in [2.05, 4.69) is 10.3 Å². The highest BCUT2D eigenvalue weighted by Gasteiger charge is 2.28. The number of aromatic nitrogens is 1.